The molecular formula is C22H25NO4. The number of carbonyl (C=O) groups is 2. The average Bonchev–Trinajstić information content (AvgIpc) is 2.65. The van der Waals surface area contributed by atoms with Crippen LogP contribution in [0.15, 0.2) is 42.5 Å². The van der Waals surface area contributed by atoms with Gasteiger partial charge >= 0.3 is 5.97 Å². The summed E-state index contributed by atoms with van der Waals surface area (Å²) >= 11 is 0. The minimum Gasteiger partial charge on any atom is -0.490 e. The van der Waals surface area contributed by atoms with Crippen molar-refractivity contribution in [2.75, 3.05) is 13.1 Å². The van der Waals surface area contributed by atoms with Crippen LogP contribution in [-0.2, 0) is 11.2 Å². The first-order valence-corrected chi connectivity index (χ1v) is 9.27. The van der Waals surface area contributed by atoms with Gasteiger partial charge in [-0.25, -0.2) is 4.79 Å². The van der Waals surface area contributed by atoms with Gasteiger partial charge in [-0.3, -0.25) is 4.79 Å². The molecule has 3 rings (SSSR count). The molecule has 5 nitrogen and oxygen atoms in total. The molecule has 0 aliphatic carbocycles. The number of ether oxygens (including phenoxy) is 1. The van der Waals surface area contributed by atoms with Gasteiger partial charge in [0.2, 0.25) is 5.91 Å². The molecule has 0 saturated carbocycles. The Morgan fingerprint density at radius 2 is 1.81 bits per heavy atom. The van der Waals surface area contributed by atoms with Crippen LogP contribution in [0, 0.1) is 13.8 Å². The number of piperidine rings is 1. The van der Waals surface area contributed by atoms with E-state index in [1.807, 2.05) is 18.7 Å². The predicted molar refractivity (Wildman–Crippen MR) is 103 cm³/mol. The number of aromatic carboxylic acids is 1. The molecule has 1 fully saturated rings. The van der Waals surface area contributed by atoms with Crippen molar-refractivity contribution < 1.29 is 19.4 Å². The highest BCUT2D eigenvalue weighted by Gasteiger charge is 2.25. The van der Waals surface area contributed by atoms with Crippen LogP contribution in [0.2, 0.25) is 0 Å². The van der Waals surface area contributed by atoms with Crippen LogP contribution < -0.4 is 4.74 Å². The van der Waals surface area contributed by atoms with Crippen molar-refractivity contribution in [2.45, 2.75) is 39.2 Å². The van der Waals surface area contributed by atoms with Crippen molar-refractivity contribution in [2.24, 2.45) is 0 Å². The highest BCUT2D eigenvalue weighted by atomic mass is 16.5. The highest BCUT2D eigenvalue weighted by molar-refractivity contribution is 5.91. The van der Waals surface area contributed by atoms with Crippen LogP contribution in [0.1, 0.15) is 39.9 Å². The minimum atomic E-state index is -1.00. The van der Waals surface area contributed by atoms with E-state index < -0.39 is 5.97 Å². The van der Waals surface area contributed by atoms with Crippen molar-refractivity contribution in [1.29, 1.82) is 0 Å². The van der Waals surface area contributed by atoms with Gasteiger partial charge in [-0.05, 0) is 42.7 Å². The lowest BCUT2D eigenvalue weighted by molar-refractivity contribution is -0.132. The van der Waals surface area contributed by atoms with E-state index in [1.54, 1.807) is 18.2 Å². The lowest BCUT2D eigenvalue weighted by Gasteiger charge is -2.32. The molecular weight excluding hydrogens is 342 g/mol. The third-order valence-corrected chi connectivity index (χ3v) is 5.02. The first kappa shape index (κ1) is 19.0. The molecule has 0 spiro atoms. The van der Waals surface area contributed by atoms with Crippen molar-refractivity contribution in [1.82, 2.24) is 4.90 Å². The zero-order valence-electron chi connectivity index (χ0n) is 15.8. The molecule has 1 saturated heterocycles. The molecule has 0 atom stereocenters. The molecule has 1 N–H and O–H groups in total. The third-order valence-electron chi connectivity index (χ3n) is 5.02. The summed E-state index contributed by atoms with van der Waals surface area (Å²) in [5, 5.41) is 9.26. The van der Waals surface area contributed by atoms with Crippen LogP contribution in [0.4, 0.5) is 0 Å². The lowest BCUT2D eigenvalue weighted by atomic mass is 10.0. The van der Waals surface area contributed by atoms with Gasteiger partial charge in [0.15, 0.2) is 0 Å². The molecule has 1 aliphatic rings. The standard InChI is InChI=1S/C22H25NO4/c1-15-7-8-16(2)20(13-15)27-18-9-11-23(12-10-18)21(24)14-17-5-3-4-6-19(17)22(25)26/h3-8,13,18H,9-12,14H2,1-2H3,(H,25,26). The largest absolute Gasteiger partial charge is 0.490 e. The van der Waals surface area contributed by atoms with Crippen molar-refractivity contribution in [3.63, 3.8) is 0 Å². The fraction of sp³-hybridized carbons (Fsp3) is 0.364. The Kier molecular flexibility index (Phi) is 5.79. The number of carboxylic acid groups (broad SMARTS) is 1. The average molecular weight is 367 g/mol. The maximum Gasteiger partial charge on any atom is 0.335 e. The van der Waals surface area contributed by atoms with Gasteiger partial charge in [0.05, 0.1) is 12.0 Å². The lowest BCUT2D eigenvalue weighted by Crippen LogP contribution is -2.42. The summed E-state index contributed by atoms with van der Waals surface area (Å²) in [6, 6.07) is 12.9. The SMILES string of the molecule is Cc1ccc(C)c(OC2CCN(C(=O)Cc3ccccc3C(=O)O)CC2)c1. The first-order valence-electron chi connectivity index (χ1n) is 9.27. The Morgan fingerprint density at radius 3 is 2.52 bits per heavy atom. The van der Waals surface area contributed by atoms with Gasteiger partial charge in [0, 0.05) is 25.9 Å². The maximum atomic E-state index is 12.6. The second-order valence-corrected chi connectivity index (χ2v) is 7.11. The number of hydrogen-bond donors (Lipinski definition) is 1. The maximum absolute atomic E-state index is 12.6. The smallest absolute Gasteiger partial charge is 0.335 e. The normalized spacial score (nSPS) is 14.8. The van der Waals surface area contributed by atoms with Gasteiger partial charge in [-0.1, -0.05) is 30.3 Å². The van der Waals surface area contributed by atoms with E-state index in [1.165, 1.54) is 11.6 Å². The number of aryl methyl sites for hydroxylation is 2. The van der Waals surface area contributed by atoms with Gasteiger partial charge in [-0.2, -0.15) is 0 Å². The zero-order valence-corrected chi connectivity index (χ0v) is 15.8. The van der Waals surface area contributed by atoms with E-state index in [9.17, 15) is 14.7 Å². The summed E-state index contributed by atoms with van der Waals surface area (Å²) in [5.74, 6) is -0.122. The number of carboxylic acids is 1. The Morgan fingerprint density at radius 1 is 1.11 bits per heavy atom. The van der Waals surface area contributed by atoms with Gasteiger partial charge in [0.25, 0.3) is 0 Å². The molecule has 142 valence electrons. The molecule has 2 aromatic carbocycles. The number of benzene rings is 2. The van der Waals surface area contributed by atoms with Crippen LogP contribution in [0.5, 0.6) is 5.75 Å². The number of nitrogens with zero attached hydrogens (tertiary/aromatic N) is 1. The molecule has 5 heteroatoms. The Hall–Kier alpha value is -2.82. The summed E-state index contributed by atoms with van der Waals surface area (Å²) in [5.41, 5.74) is 3.03. The summed E-state index contributed by atoms with van der Waals surface area (Å²) < 4.78 is 6.15. The molecule has 0 aromatic heterocycles. The molecule has 1 amide bonds. The molecule has 27 heavy (non-hydrogen) atoms. The molecule has 1 aliphatic heterocycles. The molecule has 0 bridgehead atoms. The molecule has 0 unspecified atom stereocenters. The highest BCUT2D eigenvalue weighted by Crippen LogP contribution is 2.24. The fourth-order valence-corrected chi connectivity index (χ4v) is 3.39. The molecule has 0 radical (unpaired) electrons. The summed E-state index contributed by atoms with van der Waals surface area (Å²) in [6.45, 7) is 5.34. The monoisotopic (exact) mass is 367 g/mol. The van der Waals surface area contributed by atoms with E-state index in [2.05, 4.69) is 18.2 Å². The Balaban J connectivity index is 1.57. The van der Waals surface area contributed by atoms with Crippen LogP contribution in [0.3, 0.4) is 0 Å². The number of hydrogen-bond acceptors (Lipinski definition) is 3. The van der Waals surface area contributed by atoms with Crippen LogP contribution >= 0.6 is 0 Å². The van der Waals surface area contributed by atoms with Crippen molar-refractivity contribution in [3.05, 3.63) is 64.7 Å². The minimum absolute atomic E-state index is 0.0334. The number of likely N-dealkylation sites (tertiary alicyclic amines) is 1. The number of carbonyl (C=O) groups excluding carboxylic acids is 1. The predicted octanol–water partition coefficient (Wildman–Crippen LogP) is 3.61. The van der Waals surface area contributed by atoms with E-state index in [0.29, 0.717) is 18.7 Å². The molecule has 2 aromatic rings. The Labute approximate surface area is 159 Å². The zero-order chi connectivity index (χ0) is 19.4. The van der Waals surface area contributed by atoms with E-state index in [0.717, 1.165) is 24.2 Å². The third kappa shape index (κ3) is 4.67. The number of amides is 1. The van der Waals surface area contributed by atoms with Crippen molar-refractivity contribution in [3.8, 4) is 5.75 Å². The van der Waals surface area contributed by atoms with E-state index in [4.69, 9.17) is 4.74 Å². The van der Waals surface area contributed by atoms with Gasteiger partial charge in [-0.15, -0.1) is 0 Å². The Bertz CT molecular complexity index is 838. The van der Waals surface area contributed by atoms with Crippen LogP contribution in [-0.4, -0.2) is 41.1 Å². The van der Waals surface area contributed by atoms with Crippen molar-refractivity contribution >= 4 is 11.9 Å². The topological polar surface area (TPSA) is 66.8 Å². The van der Waals surface area contributed by atoms with E-state index >= 15 is 0 Å². The van der Waals surface area contributed by atoms with Crippen LogP contribution in [0.25, 0.3) is 0 Å². The fourth-order valence-electron chi connectivity index (χ4n) is 3.39. The summed E-state index contributed by atoms with van der Waals surface area (Å²) in [4.78, 5) is 25.7. The summed E-state index contributed by atoms with van der Waals surface area (Å²) in [6.07, 6.45) is 1.77. The number of rotatable bonds is 5. The molecule has 1 heterocycles. The second kappa shape index (κ2) is 8.25. The quantitative estimate of drug-likeness (QED) is 0.877. The van der Waals surface area contributed by atoms with E-state index in [-0.39, 0.29) is 24.0 Å². The second-order valence-electron chi connectivity index (χ2n) is 7.11. The first-order chi connectivity index (χ1) is 12.9. The van der Waals surface area contributed by atoms with Gasteiger partial charge in [0.1, 0.15) is 11.9 Å². The van der Waals surface area contributed by atoms with Gasteiger partial charge < -0.3 is 14.7 Å². The summed E-state index contributed by atoms with van der Waals surface area (Å²) in [7, 11) is 0.